The molecular weight excluding hydrogens is 404 g/mol. The Hall–Kier alpha value is -3.26. The first kappa shape index (κ1) is 21.4. The van der Waals surface area contributed by atoms with E-state index in [2.05, 4.69) is 25.9 Å². The molecule has 0 atom stereocenters. The quantitative estimate of drug-likeness (QED) is 0.296. The van der Waals surface area contributed by atoms with Gasteiger partial charge >= 0.3 is 0 Å². The molecule has 2 aromatic rings. The zero-order valence-corrected chi connectivity index (χ0v) is 16.9. The highest BCUT2D eigenvalue weighted by Crippen LogP contribution is 2.30. The van der Waals surface area contributed by atoms with Crippen LogP contribution in [0.1, 0.15) is 18.4 Å². The summed E-state index contributed by atoms with van der Waals surface area (Å²) < 4.78 is 26.9. The Labute approximate surface area is 175 Å². The number of hydrogen-bond donors (Lipinski definition) is 5. The van der Waals surface area contributed by atoms with Crippen LogP contribution in [0.2, 0.25) is 0 Å². The van der Waals surface area contributed by atoms with Crippen molar-refractivity contribution in [2.45, 2.75) is 17.7 Å². The van der Waals surface area contributed by atoms with Gasteiger partial charge in [0.05, 0.1) is 17.1 Å². The lowest BCUT2D eigenvalue weighted by Gasteiger charge is -2.11. The van der Waals surface area contributed by atoms with Crippen LogP contribution in [0.15, 0.2) is 47.3 Å². The first-order valence-corrected chi connectivity index (χ1v) is 10.7. The summed E-state index contributed by atoms with van der Waals surface area (Å²) >= 11 is 0. The standard InChI is InChI=1S/C20H22N6O3S/c1-2-13-12-23-19(26-20(13)25-18(22)11-17(21)14-6-7-14)15-4-3-5-16(10-15)30(28,29)24-8-9-27/h1,3-5,10-12,14,21,24,27H,6-9,22H2,(H,23,25,26)/b18-11+,21-17?. The van der Waals surface area contributed by atoms with Crippen molar-refractivity contribution < 1.29 is 13.5 Å². The van der Waals surface area contributed by atoms with Crippen molar-refractivity contribution in [3.63, 3.8) is 0 Å². The molecule has 1 saturated carbocycles. The fourth-order valence-corrected chi connectivity index (χ4v) is 3.71. The lowest BCUT2D eigenvalue weighted by Crippen LogP contribution is -2.26. The third-order valence-electron chi connectivity index (χ3n) is 4.34. The van der Waals surface area contributed by atoms with E-state index in [0.29, 0.717) is 16.8 Å². The van der Waals surface area contributed by atoms with Gasteiger partial charge in [0, 0.05) is 29.9 Å². The number of allylic oxidation sites excluding steroid dienone is 1. The van der Waals surface area contributed by atoms with Gasteiger partial charge in [-0.2, -0.15) is 0 Å². The third kappa shape index (κ3) is 5.21. The fourth-order valence-electron chi connectivity index (χ4n) is 2.64. The SMILES string of the molecule is C#Cc1cnc(-c2cccc(S(=O)(=O)NCCO)c2)nc1N/C(N)=C/C(=N)C1CC1. The summed E-state index contributed by atoms with van der Waals surface area (Å²) in [6.07, 6.45) is 10.5. The molecule has 6 N–H and O–H groups in total. The minimum absolute atomic E-state index is 0.0184. The number of aliphatic hydroxyl groups is 1. The van der Waals surface area contributed by atoms with E-state index in [1.54, 1.807) is 18.2 Å². The minimum Gasteiger partial charge on any atom is -0.395 e. The van der Waals surface area contributed by atoms with Gasteiger partial charge in [-0.15, -0.1) is 6.42 Å². The van der Waals surface area contributed by atoms with E-state index in [9.17, 15) is 8.42 Å². The van der Waals surface area contributed by atoms with Crippen LogP contribution >= 0.6 is 0 Å². The van der Waals surface area contributed by atoms with Crippen LogP contribution in [0.5, 0.6) is 0 Å². The molecule has 1 fully saturated rings. The van der Waals surface area contributed by atoms with E-state index in [0.717, 1.165) is 12.8 Å². The molecule has 0 bridgehead atoms. The summed E-state index contributed by atoms with van der Waals surface area (Å²) in [5.74, 6) is 3.49. The van der Waals surface area contributed by atoms with Gasteiger partial charge in [-0.1, -0.05) is 18.1 Å². The van der Waals surface area contributed by atoms with Crippen LogP contribution in [0, 0.1) is 23.7 Å². The van der Waals surface area contributed by atoms with Crippen molar-refractivity contribution in [2.75, 3.05) is 18.5 Å². The maximum atomic E-state index is 12.3. The maximum Gasteiger partial charge on any atom is 0.240 e. The van der Waals surface area contributed by atoms with Gasteiger partial charge in [0.25, 0.3) is 0 Å². The lowest BCUT2D eigenvalue weighted by atomic mass is 10.2. The number of anilines is 1. The Balaban J connectivity index is 1.90. The van der Waals surface area contributed by atoms with Crippen molar-refractivity contribution in [1.29, 1.82) is 5.41 Å². The van der Waals surface area contributed by atoms with Gasteiger partial charge in [0.1, 0.15) is 5.82 Å². The molecule has 0 aliphatic heterocycles. The Morgan fingerprint density at radius 1 is 1.43 bits per heavy atom. The largest absolute Gasteiger partial charge is 0.395 e. The highest BCUT2D eigenvalue weighted by Gasteiger charge is 2.25. The molecule has 0 radical (unpaired) electrons. The monoisotopic (exact) mass is 426 g/mol. The zero-order valence-electron chi connectivity index (χ0n) is 16.1. The van der Waals surface area contributed by atoms with E-state index in [4.69, 9.17) is 22.7 Å². The third-order valence-corrected chi connectivity index (χ3v) is 5.80. The van der Waals surface area contributed by atoms with Gasteiger partial charge < -0.3 is 21.6 Å². The molecule has 1 aromatic heterocycles. The number of terminal acetylenes is 1. The summed E-state index contributed by atoms with van der Waals surface area (Å²) in [6, 6.07) is 6.10. The van der Waals surface area contributed by atoms with E-state index in [1.165, 1.54) is 18.3 Å². The molecule has 156 valence electrons. The minimum atomic E-state index is -3.78. The molecule has 30 heavy (non-hydrogen) atoms. The Morgan fingerprint density at radius 3 is 2.87 bits per heavy atom. The molecule has 1 heterocycles. The van der Waals surface area contributed by atoms with Crippen LogP contribution in [-0.2, 0) is 10.0 Å². The average molecular weight is 427 g/mol. The number of benzene rings is 1. The fraction of sp³-hybridized carbons (Fsp3) is 0.250. The average Bonchev–Trinajstić information content (AvgIpc) is 3.58. The number of rotatable bonds is 9. The number of nitrogens with two attached hydrogens (primary N) is 1. The first-order chi connectivity index (χ1) is 14.3. The van der Waals surface area contributed by atoms with Gasteiger partial charge in [0.2, 0.25) is 10.0 Å². The predicted molar refractivity (Wildman–Crippen MR) is 114 cm³/mol. The molecule has 10 heteroatoms. The first-order valence-electron chi connectivity index (χ1n) is 9.21. The number of nitrogens with one attached hydrogen (secondary N) is 3. The van der Waals surface area contributed by atoms with Crippen LogP contribution in [0.25, 0.3) is 11.4 Å². The zero-order chi connectivity index (χ0) is 21.7. The van der Waals surface area contributed by atoms with Gasteiger partial charge in [-0.3, -0.25) is 0 Å². The summed E-state index contributed by atoms with van der Waals surface area (Å²) in [7, 11) is -3.78. The van der Waals surface area contributed by atoms with Gasteiger partial charge in [-0.25, -0.2) is 23.1 Å². The Kier molecular flexibility index (Phi) is 6.47. The van der Waals surface area contributed by atoms with E-state index < -0.39 is 10.0 Å². The van der Waals surface area contributed by atoms with E-state index in [1.807, 2.05) is 0 Å². The van der Waals surface area contributed by atoms with E-state index in [-0.39, 0.29) is 41.4 Å². The highest BCUT2D eigenvalue weighted by molar-refractivity contribution is 7.89. The summed E-state index contributed by atoms with van der Waals surface area (Å²) in [5, 5.41) is 19.7. The Morgan fingerprint density at radius 2 is 2.20 bits per heavy atom. The number of nitrogens with zero attached hydrogens (tertiary/aromatic N) is 2. The molecule has 3 rings (SSSR count). The summed E-state index contributed by atoms with van der Waals surface area (Å²) in [5.41, 5.74) is 7.27. The number of sulfonamides is 1. The molecule has 0 unspecified atom stereocenters. The van der Waals surface area contributed by atoms with Crippen molar-refractivity contribution in [3.8, 4) is 23.7 Å². The van der Waals surface area contributed by atoms with Gasteiger partial charge in [-0.05, 0) is 31.1 Å². The second-order valence-electron chi connectivity index (χ2n) is 6.70. The molecule has 1 aliphatic carbocycles. The predicted octanol–water partition coefficient (Wildman–Crippen LogP) is 1.04. The van der Waals surface area contributed by atoms with Crippen LogP contribution in [-0.4, -0.2) is 42.4 Å². The number of aromatic nitrogens is 2. The summed E-state index contributed by atoms with van der Waals surface area (Å²) in [4.78, 5) is 8.63. The normalized spacial score (nSPS) is 14.2. The molecule has 1 aliphatic rings. The van der Waals surface area contributed by atoms with Crippen molar-refractivity contribution in [3.05, 3.63) is 47.9 Å². The smallest absolute Gasteiger partial charge is 0.240 e. The molecule has 0 amide bonds. The maximum absolute atomic E-state index is 12.3. The second kappa shape index (κ2) is 9.04. The molecule has 0 spiro atoms. The number of hydrogen-bond acceptors (Lipinski definition) is 8. The molecule has 9 nitrogen and oxygen atoms in total. The van der Waals surface area contributed by atoms with Crippen LogP contribution in [0.4, 0.5) is 5.82 Å². The van der Waals surface area contributed by atoms with Crippen LogP contribution < -0.4 is 15.8 Å². The molecule has 1 aromatic carbocycles. The number of aliphatic hydroxyl groups excluding tert-OH is 1. The lowest BCUT2D eigenvalue weighted by molar-refractivity contribution is 0.301. The summed E-state index contributed by atoms with van der Waals surface area (Å²) in [6.45, 7) is -0.396. The molecular formula is C20H22N6O3S. The highest BCUT2D eigenvalue weighted by atomic mass is 32.2. The van der Waals surface area contributed by atoms with Crippen molar-refractivity contribution in [1.82, 2.24) is 14.7 Å². The van der Waals surface area contributed by atoms with E-state index >= 15 is 0 Å². The van der Waals surface area contributed by atoms with Crippen molar-refractivity contribution >= 4 is 21.6 Å². The van der Waals surface area contributed by atoms with Crippen molar-refractivity contribution in [2.24, 2.45) is 11.7 Å². The molecule has 0 saturated heterocycles. The second-order valence-corrected chi connectivity index (χ2v) is 8.47. The Bertz CT molecular complexity index is 1130. The van der Waals surface area contributed by atoms with Gasteiger partial charge in [0.15, 0.2) is 11.6 Å². The topological polar surface area (TPSA) is 154 Å². The van der Waals surface area contributed by atoms with Crippen LogP contribution in [0.3, 0.4) is 0 Å².